The largest absolute Gasteiger partial charge is 0.326 e. The first-order chi connectivity index (χ1) is 9.24. The van der Waals surface area contributed by atoms with Gasteiger partial charge in [0.25, 0.3) is 5.91 Å². The second-order valence-electron chi connectivity index (χ2n) is 3.82. The summed E-state index contributed by atoms with van der Waals surface area (Å²) in [5, 5.41) is 5.39. The summed E-state index contributed by atoms with van der Waals surface area (Å²) in [6.07, 6.45) is 1.41. The molecule has 0 radical (unpaired) electrons. The number of nitrogens with two attached hydrogens (primary N) is 1. The van der Waals surface area contributed by atoms with E-state index in [4.69, 9.17) is 5.73 Å². The van der Waals surface area contributed by atoms with Crippen LogP contribution in [0.2, 0.25) is 0 Å². The molecule has 0 aliphatic rings. The van der Waals surface area contributed by atoms with Gasteiger partial charge in [0.1, 0.15) is 0 Å². The maximum atomic E-state index is 12.0. The van der Waals surface area contributed by atoms with E-state index in [0.717, 1.165) is 5.56 Å². The zero-order chi connectivity index (χ0) is 13.7. The van der Waals surface area contributed by atoms with Crippen LogP contribution in [-0.2, 0) is 6.54 Å². The second-order valence-corrected chi connectivity index (χ2v) is 3.82. The smallest absolute Gasteiger partial charge is 0.259 e. The summed E-state index contributed by atoms with van der Waals surface area (Å²) in [7, 11) is 0. The van der Waals surface area contributed by atoms with Crippen molar-refractivity contribution in [3.8, 4) is 0 Å². The van der Waals surface area contributed by atoms with Gasteiger partial charge >= 0.3 is 0 Å². The van der Waals surface area contributed by atoms with Crippen LogP contribution < -0.4 is 11.1 Å². The van der Waals surface area contributed by atoms with Crippen LogP contribution in [0.25, 0.3) is 0 Å². The molecule has 0 aliphatic carbocycles. The summed E-state index contributed by atoms with van der Waals surface area (Å²) in [5.74, 6) is -0.554. The highest BCUT2D eigenvalue weighted by Crippen LogP contribution is 2.17. The molecule has 6 heteroatoms. The Hall–Kier alpha value is -2.60. The molecule has 0 atom stereocenters. The highest BCUT2D eigenvalue weighted by molar-refractivity contribution is 6.07. The number of carbonyl (C=O) groups excluding carboxylic acids is 1. The topological polar surface area (TPSA) is 97.4 Å². The molecule has 0 saturated heterocycles. The Morgan fingerprint density at radius 1 is 1.26 bits per heavy atom. The molecule has 3 N–H and O–H groups in total. The third-order valence-corrected chi connectivity index (χ3v) is 2.57. The Kier molecular flexibility index (Phi) is 3.94. The van der Waals surface area contributed by atoms with E-state index < -0.39 is 5.91 Å². The zero-order valence-electron chi connectivity index (χ0n) is 10.0. The van der Waals surface area contributed by atoms with Gasteiger partial charge in [0.05, 0.1) is 5.56 Å². The second kappa shape index (κ2) is 5.83. The molecular weight excluding hydrogens is 244 g/mol. The van der Waals surface area contributed by atoms with Gasteiger partial charge < -0.3 is 11.1 Å². The van der Waals surface area contributed by atoms with Crippen LogP contribution >= 0.6 is 0 Å². The molecule has 2 rings (SSSR count). The molecule has 1 amide bonds. The molecule has 96 valence electrons. The lowest BCUT2D eigenvalue weighted by Crippen LogP contribution is -2.12. The third kappa shape index (κ3) is 2.99. The number of hydrogen-bond donors (Lipinski definition) is 2. The predicted molar refractivity (Wildman–Crippen MR) is 72.0 cm³/mol. The minimum atomic E-state index is -0.428. The summed E-state index contributed by atoms with van der Waals surface area (Å²) < 4.78 is 0. The normalized spacial score (nSPS) is 9.95. The fourth-order valence-corrected chi connectivity index (χ4v) is 1.57. The monoisotopic (exact) mass is 256 g/mol. The van der Waals surface area contributed by atoms with Gasteiger partial charge in [-0.2, -0.15) is 0 Å². The first kappa shape index (κ1) is 12.8. The lowest BCUT2D eigenvalue weighted by molar-refractivity contribution is 0.102. The Balaban J connectivity index is 2.18. The van der Waals surface area contributed by atoms with Crippen molar-refractivity contribution in [3.63, 3.8) is 0 Å². The van der Waals surface area contributed by atoms with E-state index in [1.54, 1.807) is 18.2 Å². The zero-order valence-corrected chi connectivity index (χ0v) is 10.0. The molecular formula is C13H12N4O2. The molecule has 1 aromatic heterocycles. The van der Waals surface area contributed by atoms with Crippen molar-refractivity contribution in [1.82, 2.24) is 4.98 Å². The van der Waals surface area contributed by atoms with Crippen LogP contribution in [0.3, 0.4) is 0 Å². The highest BCUT2D eigenvalue weighted by atomic mass is 16.3. The van der Waals surface area contributed by atoms with E-state index >= 15 is 0 Å². The van der Waals surface area contributed by atoms with Gasteiger partial charge in [-0.1, -0.05) is 12.1 Å². The maximum Gasteiger partial charge on any atom is 0.259 e. The maximum absolute atomic E-state index is 12.0. The lowest BCUT2D eigenvalue weighted by atomic mass is 10.2. The fourth-order valence-electron chi connectivity index (χ4n) is 1.57. The molecule has 6 nitrogen and oxygen atoms in total. The van der Waals surface area contributed by atoms with E-state index in [2.05, 4.69) is 15.5 Å². The van der Waals surface area contributed by atoms with Crippen LogP contribution in [0, 0.1) is 4.91 Å². The van der Waals surface area contributed by atoms with E-state index in [1.807, 2.05) is 12.1 Å². The number of amides is 1. The number of nitrogens with one attached hydrogen (secondary N) is 1. The Morgan fingerprint density at radius 3 is 2.63 bits per heavy atom. The summed E-state index contributed by atoms with van der Waals surface area (Å²) in [5.41, 5.74) is 7.21. The molecule has 0 aliphatic heterocycles. The average Bonchev–Trinajstić information content (AvgIpc) is 2.48. The Morgan fingerprint density at radius 2 is 2.00 bits per heavy atom. The molecule has 1 heterocycles. The summed E-state index contributed by atoms with van der Waals surface area (Å²) in [4.78, 5) is 26.3. The molecule has 0 saturated carbocycles. The number of pyridine rings is 1. The molecule has 1 aromatic carbocycles. The molecule has 19 heavy (non-hydrogen) atoms. The van der Waals surface area contributed by atoms with Gasteiger partial charge in [0, 0.05) is 18.4 Å². The van der Waals surface area contributed by atoms with Crippen molar-refractivity contribution in [1.29, 1.82) is 0 Å². The molecule has 0 bridgehead atoms. The molecule has 0 spiro atoms. The molecule has 0 fully saturated rings. The summed E-state index contributed by atoms with van der Waals surface area (Å²) in [6, 6.07) is 10.2. The van der Waals surface area contributed by atoms with Crippen molar-refractivity contribution in [2.45, 2.75) is 6.54 Å². The number of aromatic nitrogens is 1. The summed E-state index contributed by atoms with van der Waals surface area (Å²) >= 11 is 0. The number of benzene rings is 1. The minimum Gasteiger partial charge on any atom is -0.326 e. The number of anilines is 1. The fraction of sp³-hybridized carbons (Fsp3) is 0.0769. The van der Waals surface area contributed by atoms with E-state index in [9.17, 15) is 9.70 Å². The van der Waals surface area contributed by atoms with Crippen LogP contribution in [0.4, 0.5) is 11.5 Å². The average molecular weight is 256 g/mol. The minimum absolute atomic E-state index is 0.126. The van der Waals surface area contributed by atoms with E-state index in [-0.39, 0.29) is 11.4 Å². The van der Waals surface area contributed by atoms with Gasteiger partial charge in [-0.25, -0.2) is 4.98 Å². The Bertz CT molecular complexity index is 596. The van der Waals surface area contributed by atoms with E-state index in [0.29, 0.717) is 12.2 Å². The number of nitrogens with zero attached hydrogens (tertiary/aromatic N) is 2. The lowest BCUT2D eigenvalue weighted by Gasteiger charge is -2.06. The predicted octanol–water partition coefficient (Wildman–Crippen LogP) is 2.19. The van der Waals surface area contributed by atoms with Crippen LogP contribution in [-0.4, -0.2) is 10.9 Å². The standard InChI is InChI=1S/C13H12N4O2/c14-8-9-3-5-10(6-4-9)16-13(18)11-2-1-7-15-12(11)17-19/h1-7H,8,14H2,(H,16,18). The molecule has 0 unspecified atom stereocenters. The van der Waals surface area contributed by atoms with Gasteiger partial charge in [-0.05, 0) is 35.0 Å². The van der Waals surface area contributed by atoms with Crippen molar-refractivity contribution < 1.29 is 4.79 Å². The number of rotatable bonds is 4. The highest BCUT2D eigenvalue weighted by Gasteiger charge is 2.12. The first-order valence-electron chi connectivity index (χ1n) is 5.63. The summed E-state index contributed by atoms with van der Waals surface area (Å²) in [6.45, 7) is 0.441. The van der Waals surface area contributed by atoms with Gasteiger partial charge in [-0.15, -0.1) is 4.91 Å². The van der Waals surface area contributed by atoms with Crippen molar-refractivity contribution in [3.05, 3.63) is 58.6 Å². The van der Waals surface area contributed by atoms with Gasteiger partial charge in [0.15, 0.2) is 0 Å². The van der Waals surface area contributed by atoms with Crippen LogP contribution in [0.1, 0.15) is 15.9 Å². The first-order valence-corrected chi connectivity index (χ1v) is 5.63. The molecule has 2 aromatic rings. The SMILES string of the molecule is NCc1ccc(NC(=O)c2cccnc2N=O)cc1. The number of carbonyl (C=O) groups is 1. The third-order valence-electron chi connectivity index (χ3n) is 2.57. The van der Waals surface area contributed by atoms with Crippen LogP contribution in [0.5, 0.6) is 0 Å². The van der Waals surface area contributed by atoms with Gasteiger partial charge in [0.2, 0.25) is 5.82 Å². The number of hydrogen-bond acceptors (Lipinski definition) is 5. The van der Waals surface area contributed by atoms with Gasteiger partial charge in [-0.3, -0.25) is 4.79 Å². The van der Waals surface area contributed by atoms with Crippen molar-refractivity contribution in [2.24, 2.45) is 10.9 Å². The quantitative estimate of drug-likeness (QED) is 0.819. The van der Waals surface area contributed by atoms with Crippen LogP contribution in [0.15, 0.2) is 47.8 Å². The number of nitroso groups, excluding NO2 is 1. The Labute approximate surface area is 109 Å². The van der Waals surface area contributed by atoms with E-state index in [1.165, 1.54) is 12.3 Å². The van der Waals surface area contributed by atoms with Crippen molar-refractivity contribution in [2.75, 3.05) is 5.32 Å². The van der Waals surface area contributed by atoms with Crippen molar-refractivity contribution >= 4 is 17.4 Å².